The number of hydrogen-bond donors (Lipinski definition) is 1. The first-order valence-electron chi connectivity index (χ1n) is 13.5. The molecule has 7 nitrogen and oxygen atoms in total. The maximum absolute atomic E-state index is 13.5. The lowest BCUT2D eigenvalue weighted by Crippen LogP contribution is -2.37. The molecule has 0 atom stereocenters. The maximum atomic E-state index is 13.5. The van der Waals surface area contributed by atoms with Gasteiger partial charge in [0.25, 0.3) is 0 Å². The van der Waals surface area contributed by atoms with Gasteiger partial charge in [0.2, 0.25) is 11.2 Å². The molecule has 0 saturated carbocycles. The molecule has 0 aliphatic heterocycles. The van der Waals surface area contributed by atoms with E-state index >= 15 is 0 Å². The lowest BCUT2D eigenvalue weighted by Gasteiger charge is -2.29. The Hall–Kier alpha value is -3.89. The van der Waals surface area contributed by atoms with Gasteiger partial charge in [-0.15, -0.1) is 6.42 Å². The topological polar surface area (TPSA) is 81.4 Å². The van der Waals surface area contributed by atoms with Crippen LogP contribution in [0.2, 0.25) is 0 Å². The predicted octanol–water partition coefficient (Wildman–Crippen LogP) is 6.84. The van der Waals surface area contributed by atoms with Crippen LogP contribution >= 0.6 is 0 Å². The molecule has 7 heteroatoms. The van der Waals surface area contributed by atoms with Gasteiger partial charge in [0.15, 0.2) is 16.9 Å². The number of benzene rings is 2. The van der Waals surface area contributed by atoms with Gasteiger partial charge in [0.1, 0.15) is 34.7 Å². The van der Waals surface area contributed by atoms with Crippen LogP contribution in [0.1, 0.15) is 55.4 Å². The summed E-state index contributed by atoms with van der Waals surface area (Å²) in [7, 11) is 0. The largest absolute Gasteiger partial charge is 0.507 e. The van der Waals surface area contributed by atoms with Gasteiger partial charge in [-0.25, -0.2) is 0 Å². The smallest absolute Gasteiger partial charge is 0.205 e. The molecule has 1 N–H and O–H groups in total. The first kappa shape index (κ1) is 30.6. The Morgan fingerprint density at radius 3 is 2.38 bits per heavy atom. The van der Waals surface area contributed by atoms with Crippen LogP contribution in [0.4, 0.5) is 0 Å². The highest BCUT2D eigenvalue weighted by molar-refractivity contribution is 5.96. The minimum Gasteiger partial charge on any atom is -0.507 e. The summed E-state index contributed by atoms with van der Waals surface area (Å²) >= 11 is 0. The third kappa shape index (κ3) is 7.00. The molecule has 3 aromatic rings. The molecule has 0 amide bonds. The number of terminal acetylenes is 1. The first-order chi connectivity index (χ1) is 18.7. The van der Waals surface area contributed by atoms with E-state index in [0.717, 1.165) is 6.54 Å². The fourth-order valence-electron chi connectivity index (χ4n) is 4.29. The van der Waals surface area contributed by atoms with Crippen molar-refractivity contribution in [2.75, 3.05) is 13.2 Å². The first-order valence-corrected chi connectivity index (χ1v) is 13.5. The molecule has 1 heterocycles. The van der Waals surface area contributed by atoms with Crippen molar-refractivity contribution in [3.8, 4) is 35.3 Å². The van der Waals surface area contributed by atoms with Gasteiger partial charge in [0.05, 0.1) is 5.39 Å². The van der Waals surface area contributed by atoms with E-state index in [0.29, 0.717) is 17.8 Å². The molecule has 0 radical (unpaired) electrons. The molecule has 0 spiro atoms. The zero-order valence-electron chi connectivity index (χ0n) is 24.8. The molecule has 0 saturated heterocycles. The number of aromatic hydroxyl groups is 1. The molecule has 3 rings (SSSR count). The van der Waals surface area contributed by atoms with E-state index in [4.69, 9.17) is 25.1 Å². The highest BCUT2D eigenvalue weighted by Crippen LogP contribution is 2.40. The highest BCUT2D eigenvalue weighted by Gasteiger charge is 2.24. The summed E-state index contributed by atoms with van der Waals surface area (Å²) in [6.07, 6.45) is 11.2. The lowest BCUT2D eigenvalue weighted by atomic mass is 10.1. The molecule has 0 fully saturated rings. The van der Waals surface area contributed by atoms with Crippen molar-refractivity contribution in [3.63, 3.8) is 0 Å². The van der Waals surface area contributed by atoms with Crippen LogP contribution in [0, 0.1) is 12.3 Å². The monoisotopic (exact) mass is 547 g/mol. The number of nitrogens with zero attached hydrogens (tertiary/aromatic N) is 1. The van der Waals surface area contributed by atoms with E-state index < -0.39 is 16.6 Å². The molecule has 1 aromatic heterocycles. The summed E-state index contributed by atoms with van der Waals surface area (Å²) in [4.78, 5) is 15.9. The Kier molecular flexibility index (Phi) is 9.27. The molecule has 40 heavy (non-hydrogen) atoms. The van der Waals surface area contributed by atoms with E-state index in [2.05, 4.69) is 51.2 Å². The third-order valence-electron chi connectivity index (χ3n) is 6.53. The summed E-state index contributed by atoms with van der Waals surface area (Å²) in [6.45, 7) is 20.7. The molecule has 0 aliphatic rings. The van der Waals surface area contributed by atoms with Gasteiger partial charge in [-0.05, 0) is 73.6 Å². The molecule has 0 bridgehead atoms. The maximum Gasteiger partial charge on any atom is 0.205 e. The summed E-state index contributed by atoms with van der Waals surface area (Å²) in [6, 6.07) is 6.97. The fourth-order valence-corrected chi connectivity index (χ4v) is 4.29. The second kappa shape index (κ2) is 12.1. The van der Waals surface area contributed by atoms with Gasteiger partial charge >= 0.3 is 0 Å². The van der Waals surface area contributed by atoms with E-state index in [-0.39, 0.29) is 45.8 Å². The van der Waals surface area contributed by atoms with Crippen LogP contribution in [0.25, 0.3) is 21.9 Å². The average molecular weight is 548 g/mol. The molecule has 214 valence electrons. The zero-order chi connectivity index (χ0) is 29.8. The number of phenols is 1. The number of fused-ring (bicyclic) bond motifs is 2. The summed E-state index contributed by atoms with van der Waals surface area (Å²) in [5.41, 5.74) is -1.73. The normalized spacial score (nSPS) is 12.6. The highest BCUT2D eigenvalue weighted by atomic mass is 16.5. The number of ether oxygens (including phenoxy) is 3. The number of hydrogen-bond acceptors (Lipinski definition) is 7. The minimum absolute atomic E-state index is 0.0340. The summed E-state index contributed by atoms with van der Waals surface area (Å²) in [5.74, 6) is 3.21. The Morgan fingerprint density at radius 2 is 1.77 bits per heavy atom. The second-order valence-electron chi connectivity index (χ2n) is 11.3. The second-order valence-corrected chi connectivity index (χ2v) is 11.3. The quantitative estimate of drug-likeness (QED) is 0.151. The van der Waals surface area contributed by atoms with E-state index in [1.165, 1.54) is 12.1 Å². The summed E-state index contributed by atoms with van der Waals surface area (Å²) in [5, 5.41) is 11.0. The van der Waals surface area contributed by atoms with Gasteiger partial charge < -0.3 is 23.7 Å². The van der Waals surface area contributed by atoms with Crippen molar-refractivity contribution in [2.45, 2.75) is 78.7 Å². The van der Waals surface area contributed by atoms with Crippen LogP contribution in [0.5, 0.6) is 23.0 Å². The molecular weight excluding hydrogens is 506 g/mol. The van der Waals surface area contributed by atoms with Crippen LogP contribution in [0.15, 0.2) is 58.3 Å². The van der Waals surface area contributed by atoms with E-state index in [1.54, 1.807) is 32.1 Å². The van der Waals surface area contributed by atoms with Gasteiger partial charge in [0, 0.05) is 30.8 Å². The van der Waals surface area contributed by atoms with Crippen molar-refractivity contribution in [1.82, 2.24) is 4.90 Å². The van der Waals surface area contributed by atoms with Gasteiger partial charge in [-0.3, -0.25) is 9.69 Å². The van der Waals surface area contributed by atoms with E-state index in [1.807, 2.05) is 19.9 Å². The van der Waals surface area contributed by atoms with Crippen LogP contribution in [-0.4, -0.2) is 46.4 Å². The standard InChI is InChI=1S/C33H41NO6/c1-11-32(7,8)39-23-19-25(35)28-27(20-23)38-30-24(29(28)36)15-16-26(40-33(9,10)12-2)31(30)37-18-14-13-17-34(21(3)4)22(5)6/h1,12-16,19-22,35H,2,17-18H2,3-10H3/b14-13+. The molecule has 2 aromatic carbocycles. The van der Waals surface area contributed by atoms with E-state index in [9.17, 15) is 9.90 Å². The number of rotatable bonds is 12. The van der Waals surface area contributed by atoms with Crippen molar-refractivity contribution in [3.05, 3.63) is 59.3 Å². The van der Waals surface area contributed by atoms with Crippen molar-refractivity contribution in [2.24, 2.45) is 0 Å². The van der Waals surface area contributed by atoms with Gasteiger partial charge in [-0.2, -0.15) is 0 Å². The number of phenolic OH excluding ortho intramolecular Hbond substituents is 1. The predicted molar refractivity (Wildman–Crippen MR) is 162 cm³/mol. The Balaban J connectivity index is 2.12. The molecular formula is C33H41NO6. The molecule has 0 aliphatic carbocycles. The van der Waals surface area contributed by atoms with Gasteiger partial charge in [-0.1, -0.05) is 24.7 Å². The minimum atomic E-state index is -0.935. The fraction of sp³-hybridized carbons (Fsp3) is 0.424. The van der Waals surface area contributed by atoms with Crippen molar-refractivity contribution >= 4 is 21.9 Å². The zero-order valence-corrected chi connectivity index (χ0v) is 24.8. The average Bonchev–Trinajstić information content (AvgIpc) is 2.85. The van der Waals surface area contributed by atoms with Crippen LogP contribution < -0.4 is 19.6 Å². The van der Waals surface area contributed by atoms with Crippen LogP contribution in [0.3, 0.4) is 0 Å². The summed E-state index contributed by atoms with van der Waals surface area (Å²) < 4.78 is 24.4. The Labute approximate surface area is 237 Å². The van der Waals surface area contributed by atoms with Crippen molar-refractivity contribution < 1.29 is 23.7 Å². The van der Waals surface area contributed by atoms with Crippen LogP contribution in [-0.2, 0) is 0 Å². The Bertz CT molecular complexity index is 1500. The third-order valence-corrected chi connectivity index (χ3v) is 6.53. The van der Waals surface area contributed by atoms with Crippen molar-refractivity contribution in [1.29, 1.82) is 0 Å². The Morgan fingerprint density at radius 1 is 1.10 bits per heavy atom. The molecule has 0 unspecified atom stereocenters. The lowest BCUT2D eigenvalue weighted by molar-refractivity contribution is 0.154. The SMILES string of the molecule is C#CC(C)(C)Oc1cc(O)c2c(=O)c3ccc(OC(C)(C)C=C)c(OC/C=C/CN(C(C)C)C(C)C)c3oc2c1.